The van der Waals surface area contributed by atoms with Gasteiger partial charge < -0.3 is 5.32 Å². The minimum atomic E-state index is -3.37. The summed E-state index contributed by atoms with van der Waals surface area (Å²) in [5, 5.41) is 8.01. The van der Waals surface area contributed by atoms with Crippen LogP contribution in [-0.2, 0) is 16.6 Å². The Morgan fingerprint density at radius 2 is 1.71 bits per heavy atom. The number of hydrogen-bond acceptors (Lipinski definition) is 3. The Bertz CT molecular complexity index is 495. The predicted octanol–water partition coefficient (Wildman–Crippen LogP) is 0.990. The summed E-state index contributed by atoms with van der Waals surface area (Å²) in [5.74, 6) is -0.0309. The van der Waals surface area contributed by atoms with Gasteiger partial charge in [0.25, 0.3) is 0 Å². The maximum Gasteiger partial charge on any atom is 0.210 e. The van der Waals surface area contributed by atoms with Crippen LogP contribution in [0, 0.1) is 20.8 Å². The van der Waals surface area contributed by atoms with Crippen molar-refractivity contribution in [1.29, 1.82) is 0 Å². The molecule has 1 aromatic carbocycles. The van der Waals surface area contributed by atoms with E-state index in [1.54, 1.807) is 0 Å². The molecule has 0 saturated carbocycles. The van der Waals surface area contributed by atoms with E-state index >= 15 is 0 Å². The van der Waals surface area contributed by atoms with Crippen molar-refractivity contribution < 1.29 is 8.42 Å². The molecule has 0 radical (unpaired) electrons. The number of hydrogen-bond donors (Lipinski definition) is 2. The molecule has 0 fully saturated rings. The summed E-state index contributed by atoms with van der Waals surface area (Å²) in [7, 11) is -3.37. The zero-order valence-corrected chi connectivity index (χ0v) is 11.4. The Morgan fingerprint density at radius 1 is 1.12 bits per heavy atom. The maximum absolute atomic E-state index is 10.7. The second-order valence-corrected chi connectivity index (χ2v) is 6.14. The van der Waals surface area contributed by atoms with Gasteiger partial charge in [-0.15, -0.1) is 0 Å². The molecule has 0 heterocycles. The van der Waals surface area contributed by atoms with Crippen molar-refractivity contribution in [1.82, 2.24) is 5.32 Å². The fourth-order valence-corrected chi connectivity index (χ4v) is 2.08. The van der Waals surface area contributed by atoms with Crippen molar-refractivity contribution in [3.05, 3.63) is 34.4 Å². The largest absolute Gasteiger partial charge is 0.312 e. The van der Waals surface area contributed by atoms with Crippen molar-refractivity contribution in [2.75, 3.05) is 12.3 Å². The molecule has 0 aliphatic rings. The summed E-state index contributed by atoms with van der Waals surface area (Å²) in [5.41, 5.74) is 4.94. The predicted molar refractivity (Wildman–Crippen MR) is 70.3 cm³/mol. The van der Waals surface area contributed by atoms with Gasteiger partial charge in [0.1, 0.15) is 0 Å². The summed E-state index contributed by atoms with van der Waals surface area (Å²) in [6.45, 7) is 7.26. The molecule has 0 unspecified atom stereocenters. The minimum absolute atomic E-state index is 0.0309. The molecule has 5 heteroatoms. The van der Waals surface area contributed by atoms with E-state index in [1.807, 2.05) is 0 Å². The second kappa shape index (κ2) is 5.62. The van der Waals surface area contributed by atoms with Crippen molar-refractivity contribution in [2.24, 2.45) is 5.14 Å². The highest BCUT2D eigenvalue weighted by atomic mass is 32.2. The van der Waals surface area contributed by atoms with Gasteiger partial charge in [0.05, 0.1) is 5.75 Å². The van der Waals surface area contributed by atoms with Gasteiger partial charge in [-0.2, -0.15) is 0 Å². The first-order valence-corrected chi connectivity index (χ1v) is 7.29. The molecule has 0 saturated heterocycles. The first-order valence-electron chi connectivity index (χ1n) is 5.57. The van der Waals surface area contributed by atoms with E-state index in [2.05, 4.69) is 38.2 Å². The van der Waals surface area contributed by atoms with Crippen molar-refractivity contribution in [3.63, 3.8) is 0 Å². The Balaban J connectivity index is 2.55. The number of nitrogens with two attached hydrogens (primary N) is 1. The zero-order chi connectivity index (χ0) is 13.1. The van der Waals surface area contributed by atoms with Gasteiger partial charge in [-0.25, -0.2) is 13.6 Å². The Labute approximate surface area is 103 Å². The quantitative estimate of drug-likeness (QED) is 0.772. The third-order valence-electron chi connectivity index (χ3n) is 2.83. The SMILES string of the molecule is Cc1cc(C)c(CNCCS(N)(=O)=O)cc1C. The van der Waals surface area contributed by atoms with Gasteiger partial charge in [-0.05, 0) is 43.0 Å². The van der Waals surface area contributed by atoms with Gasteiger partial charge in [-0.1, -0.05) is 12.1 Å². The molecule has 3 N–H and O–H groups in total. The lowest BCUT2D eigenvalue weighted by atomic mass is 10.0. The highest BCUT2D eigenvalue weighted by Crippen LogP contribution is 2.14. The topological polar surface area (TPSA) is 72.2 Å². The van der Waals surface area contributed by atoms with E-state index in [0.29, 0.717) is 13.1 Å². The van der Waals surface area contributed by atoms with Gasteiger partial charge >= 0.3 is 0 Å². The van der Waals surface area contributed by atoms with Crippen LogP contribution in [0.4, 0.5) is 0 Å². The summed E-state index contributed by atoms with van der Waals surface area (Å²) in [4.78, 5) is 0. The van der Waals surface area contributed by atoms with Crippen LogP contribution in [-0.4, -0.2) is 20.7 Å². The van der Waals surface area contributed by atoms with E-state index in [0.717, 1.165) is 0 Å². The molecule has 0 aromatic heterocycles. The van der Waals surface area contributed by atoms with Crippen LogP contribution in [0.15, 0.2) is 12.1 Å². The maximum atomic E-state index is 10.7. The Kier molecular flexibility index (Phi) is 4.68. The third-order valence-corrected chi connectivity index (χ3v) is 3.60. The number of primary sulfonamides is 1. The summed E-state index contributed by atoms with van der Waals surface area (Å²) in [6.07, 6.45) is 0. The standard InChI is InChI=1S/C12H20N2O2S/c1-9-6-11(3)12(7-10(9)2)8-14-4-5-17(13,15)16/h6-7,14H,4-5,8H2,1-3H3,(H2,13,15,16). The molecular formula is C12H20N2O2S. The highest BCUT2D eigenvalue weighted by Gasteiger charge is 2.04. The molecule has 0 bridgehead atoms. The van der Waals surface area contributed by atoms with Crippen LogP contribution < -0.4 is 10.5 Å². The summed E-state index contributed by atoms with van der Waals surface area (Å²) in [6, 6.07) is 4.28. The molecule has 0 aliphatic carbocycles. The number of sulfonamides is 1. The molecule has 0 aliphatic heterocycles. The average molecular weight is 256 g/mol. The normalized spacial score (nSPS) is 11.8. The average Bonchev–Trinajstić information content (AvgIpc) is 2.18. The highest BCUT2D eigenvalue weighted by molar-refractivity contribution is 7.89. The number of nitrogens with one attached hydrogen (secondary N) is 1. The van der Waals surface area contributed by atoms with E-state index < -0.39 is 10.0 Å². The van der Waals surface area contributed by atoms with Gasteiger partial charge in [-0.3, -0.25) is 0 Å². The molecular weight excluding hydrogens is 236 g/mol. The monoisotopic (exact) mass is 256 g/mol. The number of benzene rings is 1. The van der Waals surface area contributed by atoms with Crippen LogP contribution in [0.2, 0.25) is 0 Å². The van der Waals surface area contributed by atoms with Crippen molar-refractivity contribution in [2.45, 2.75) is 27.3 Å². The van der Waals surface area contributed by atoms with E-state index in [-0.39, 0.29) is 5.75 Å². The van der Waals surface area contributed by atoms with Gasteiger partial charge in [0.2, 0.25) is 10.0 Å². The first kappa shape index (κ1) is 14.2. The molecule has 0 spiro atoms. The van der Waals surface area contributed by atoms with Crippen LogP contribution in [0.5, 0.6) is 0 Å². The van der Waals surface area contributed by atoms with Crippen molar-refractivity contribution in [3.8, 4) is 0 Å². The van der Waals surface area contributed by atoms with E-state index in [9.17, 15) is 8.42 Å². The zero-order valence-electron chi connectivity index (χ0n) is 10.6. The molecule has 1 rings (SSSR count). The van der Waals surface area contributed by atoms with Crippen LogP contribution in [0.25, 0.3) is 0 Å². The van der Waals surface area contributed by atoms with Gasteiger partial charge in [0.15, 0.2) is 0 Å². The first-order chi connectivity index (χ1) is 7.79. The van der Waals surface area contributed by atoms with Crippen LogP contribution in [0.3, 0.4) is 0 Å². The number of aryl methyl sites for hydroxylation is 3. The second-order valence-electron chi connectivity index (χ2n) is 4.41. The fourth-order valence-electron chi connectivity index (χ4n) is 1.65. The molecule has 0 amide bonds. The van der Waals surface area contributed by atoms with Crippen molar-refractivity contribution >= 4 is 10.0 Å². The van der Waals surface area contributed by atoms with Gasteiger partial charge in [0, 0.05) is 13.1 Å². The van der Waals surface area contributed by atoms with Crippen LogP contribution >= 0.6 is 0 Å². The lowest BCUT2D eigenvalue weighted by molar-refractivity contribution is 0.592. The summed E-state index contributed by atoms with van der Waals surface area (Å²) >= 11 is 0. The van der Waals surface area contributed by atoms with E-state index in [1.165, 1.54) is 22.3 Å². The molecule has 4 nitrogen and oxygen atoms in total. The van der Waals surface area contributed by atoms with Crippen LogP contribution in [0.1, 0.15) is 22.3 Å². The summed E-state index contributed by atoms with van der Waals surface area (Å²) < 4.78 is 21.5. The Hall–Kier alpha value is -0.910. The smallest absolute Gasteiger partial charge is 0.210 e. The molecule has 0 atom stereocenters. The Morgan fingerprint density at radius 3 is 2.29 bits per heavy atom. The molecule has 1 aromatic rings. The number of rotatable bonds is 5. The lowest BCUT2D eigenvalue weighted by Gasteiger charge is -2.10. The molecule has 96 valence electrons. The molecule has 17 heavy (non-hydrogen) atoms. The lowest BCUT2D eigenvalue weighted by Crippen LogP contribution is -2.27. The van der Waals surface area contributed by atoms with E-state index in [4.69, 9.17) is 5.14 Å². The fraction of sp³-hybridized carbons (Fsp3) is 0.500. The third kappa shape index (κ3) is 4.85. The minimum Gasteiger partial charge on any atom is -0.312 e.